The van der Waals surface area contributed by atoms with E-state index in [0.717, 1.165) is 18.4 Å². The number of hydrogen-bond donors (Lipinski definition) is 2. The minimum atomic E-state index is -0.179. The van der Waals surface area contributed by atoms with Crippen molar-refractivity contribution in [3.8, 4) is 0 Å². The molecule has 8 heteroatoms. The van der Waals surface area contributed by atoms with E-state index in [9.17, 15) is 14.4 Å². The fourth-order valence-corrected chi connectivity index (χ4v) is 4.48. The van der Waals surface area contributed by atoms with Gasteiger partial charge in [0, 0.05) is 17.3 Å². The molecule has 176 valence electrons. The Morgan fingerprint density at radius 2 is 1.66 bits per heavy atom. The zero-order valence-corrected chi connectivity index (χ0v) is 19.8. The van der Waals surface area contributed by atoms with Crippen molar-refractivity contribution in [1.82, 2.24) is 14.9 Å². The van der Waals surface area contributed by atoms with Gasteiger partial charge in [0.15, 0.2) is 5.16 Å². The summed E-state index contributed by atoms with van der Waals surface area (Å²) in [5.41, 5.74) is 2.59. The van der Waals surface area contributed by atoms with Crippen molar-refractivity contribution >= 4 is 40.2 Å². The molecule has 1 saturated carbocycles. The van der Waals surface area contributed by atoms with Gasteiger partial charge in [-0.1, -0.05) is 54.2 Å². The first kappa shape index (κ1) is 22.9. The molecule has 5 rings (SSSR count). The Bertz CT molecular complexity index is 1430. The summed E-state index contributed by atoms with van der Waals surface area (Å²) in [6, 6.07) is 24.0. The lowest BCUT2D eigenvalue weighted by molar-refractivity contribution is -0.113. The first-order chi connectivity index (χ1) is 17.1. The summed E-state index contributed by atoms with van der Waals surface area (Å²) in [4.78, 5) is 42.8. The maximum Gasteiger partial charge on any atom is 0.262 e. The van der Waals surface area contributed by atoms with E-state index in [0.29, 0.717) is 33.4 Å². The lowest BCUT2D eigenvalue weighted by Crippen LogP contribution is -2.26. The molecule has 3 aromatic carbocycles. The maximum absolute atomic E-state index is 13.3. The predicted octanol–water partition coefficient (Wildman–Crippen LogP) is 4.07. The minimum Gasteiger partial charge on any atom is -0.349 e. The van der Waals surface area contributed by atoms with Crippen LogP contribution in [0, 0.1) is 0 Å². The minimum absolute atomic E-state index is 0.0794. The maximum atomic E-state index is 13.3. The Labute approximate surface area is 206 Å². The van der Waals surface area contributed by atoms with Crippen LogP contribution in [-0.4, -0.2) is 33.2 Å². The third-order valence-electron chi connectivity index (χ3n) is 5.69. The number of nitrogens with one attached hydrogen (secondary N) is 2. The number of hydrogen-bond acceptors (Lipinski definition) is 5. The van der Waals surface area contributed by atoms with E-state index in [4.69, 9.17) is 0 Å². The number of anilines is 1. The highest BCUT2D eigenvalue weighted by atomic mass is 32.2. The summed E-state index contributed by atoms with van der Waals surface area (Å²) in [5.74, 6) is -0.148. The zero-order valence-electron chi connectivity index (χ0n) is 18.9. The number of benzene rings is 3. The summed E-state index contributed by atoms with van der Waals surface area (Å²) in [5, 5.41) is 6.82. The highest BCUT2D eigenvalue weighted by Gasteiger charge is 2.23. The number of rotatable bonds is 8. The second kappa shape index (κ2) is 10.1. The number of carbonyl (C=O) groups is 2. The SMILES string of the molecule is O=C(CSc1nc2ccccc2c(=O)n1Cc1ccc(C(=O)NC2CC2)cc1)Nc1ccccc1. The van der Waals surface area contributed by atoms with E-state index >= 15 is 0 Å². The topological polar surface area (TPSA) is 93.1 Å². The number of aromatic nitrogens is 2. The van der Waals surface area contributed by atoms with Crippen LogP contribution in [0.15, 0.2) is 88.8 Å². The van der Waals surface area contributed by atoms with Gasteiger partial charge in [-0.05, 0) is 54.8 Å². The fourth-order valence-electron chi connectivity index (χ4n) is 3.69. The molecule has 2 amide bonds. The molecule has 1 aliphatic rings. The first-order valence-corrected chi connectivity index (χ1v) is 12.4. The van der Waals surface area contributed by atoms with Crippen molar-refractivity contribution in [2.24, 2.45) is 0 Å². The normalized spacial score (nSPS) is 12.9. The van der Waals surface area contributed by atoms with Gasteiger partial charge in [0.2, 0.25) is 5.91 Å². The van der Waals surface area contributed by atoms with Crippen LogP contribution in [0.4, 0.5) is 5.69 Å². The van der Waals surface area contributed by atoms with Crippen molar-refractivity contribution in [3.63, 3.8) is 0 Å². The highest BCUT2D eigenvalue weighted by molar-refractivity contribution is 7.99. The summed E-state index contributed by atoms with van der Waals surface area (Å²) in [6.07, 6.45) is 2.07. The van der Waals surface area contributed by atoms with E-state index in [1.54, 1.807) is 28.8 Å². The highest BCUT2D eigenvalue weighted by Crippen LogP contribution is 2.21. The van der Waals surface area contributed by atoms with Gasteiger partial charge in [-0.25, -0.2) is 4.98 Å². The van der Waals surface area contributed by atoms with E-state index in [-0.39, 0.29) is 29.7 Å². The average Bonchev–Trinajstić information content (AvgIpc) is 3.70. The third-order valence-corrected chi connectivity index (χ3v) is 6.66. The molecule has 2 N–H and O–H groups in total. The van der Waals surface area contributed by atoms with Crippen LogP contribution < -0.4 is 16.2 Å². The standard InChI is InChI=1S/C27H24N4O3S/c32-24(28-20-6-2-1-3-7-20)17-35-27-30-23-9-5-4-8-22(23)26(34)31(27)16-18-10-12-19(13-11-18)25(33)29-21-14-15-21/h1-13,21H,14-17H2,(H,28,32)(H,29,33). The molecule has 1 aromatic heterocycles. The quantitative estimate of drug-likeness (QED) is 0.291. The van der Waals surface area contributed by atoms with Crippen molar-refractivity contribution in [2.45, 2.75) is 30.6 Å². The number of fused-ring (bicyclic) bond motifs is 1. The molecule has 1 fully saturated rings. The Balaban J connectivity index is 1.37. The largest absolute Gasteiger partial charge is 0.349 e. The number of amides is 2. The smallest absolute Gasteiger partial charge is 0.262 e. The summed E-state index contributed by atoms with van der Waals surface area (Å²) in [7, 11) is 0. The van der Waals surface area contributed by atoms with Crippen LogP contribution in [0.2, 0.25) is 0 Å². The van der Waals surface area contributed by atoms with Crippen LogP contribution in [0.3, 0.4) is 0 Å². The molecule has 1 heterocycles. The number of para-hydroxylation sites is 2. The molecule has 0 saturated heterocycles. The van der Waals surface area contributed by atoms with E-state index in [1.165, 1.54) is 11.8 Å². The molecule has 1 aliphatic carbocycles. The van der Waals surface area contributed by atoms with Gasteiger partial charge in [0.1, 0.15) is 0 Å². The summed E-state index contributed by atoms with van der Waals surface area (Å²) in [6.45, 7) is 0.282. The molecule has 0 atom stereocenters. The van der Waals surface area contributed by atoms with E-state index < -0.39 is 0 Å². The predicted molar refractivity (Wildman–Crippen MR) is 138 cm³/mol. The molecule has 0 spiro atoms. The molecule has 7 nitrogen and oxygen atoms in total. The number of carbonyl (C=O) groups excluding carboxylic acids is 2. The molecule has 0 aliphatic heterocycles. The monoisotopic (exact) mass is 484 g/mol. The third kappa shape index (κ3) is 5.60. The lowest BCUT2D eigenvalue weighted by Gasteiger charge is -2.14. The summed E-state index contributed by atoms with van der Waals surface area (Å²) >= 11 is 1.22. The second-order valence-corrected chi connectivity index (χ2v) is 9.39. The fraction of sp³-hybridized carbons (Fsp3) is 0.185. The molecule has 0 bridgehead atoms. The molecule has 35 heavy (non-hydrogen) atoms. The second-order valence-electron chi connectivity index (χ2n) is 8.45. The lowest BCUT2D eigenvalue weighted by atomic mass is 10.1. The molecular formula is C27H24N4O3S. The van der Waals surface area contributed by atoms with Crippen LogP contribution in [-0.2, 0) is 11.3 Å². The Morgan fingerprint density at radius 1 is 0.943 bits per heavy atom. The Hall–Kier alpha value is -3.91. The number of nitrogens with zero attached hydrogens (tertiary/aromatic N) is 2. The van der Waals surface area contributed by atoms with Crippen LogP contribution >= 0.6 is 11.8 Å². The molecular weight excluding hydrogens is 460 g/mol. The molecule has 0 unspecified atom stereocenters. The van der Waals surface area contributed by atoms with Gasteiger partial charge >= 0.3 is 0 Å². The first-order valence-electron chi connectivity index (χ1n) is 11.4. The van der Waals surface area contributed by atoms with Crippen molar-refractivity contribution < 1.29 is 9.59 Å². The van der Waals surface area contributed by atoms with E-state index in [2.05, 4.69) is 15.6 Å². The van der Waals surface area contributed by atoms with Crippen molar-refractivity contribution in [2.75, 3.05) is 11.1 Å². The van der Waals surface area contributed by atoms with Gasteiger partial charge < -0.3 is 10.6 Å². The Kier molecular flexibility index (Phi) is 6.63. The summed E-state index contributed by atoms with van der Waals surface area (Å²) < 4.78 is 1.59. The van der Waals surface area contributed by atoms with Gasteiger partial charge in [-0.3, -0.25) is 19.0 Å². The van der Waals surface area contributed by atoms with Gasteiger partial charge in [0.25, 0.3) is 11.5 Å². The Morgan fingerprint density at radius 3 is 2.40 bits per heavy atom. The van der Waals surface area contributed by atoms with Gasteiger partial charge in [-0.2, -0.15) is 0 Å². The van der Waals surface area contributed by atoms with Crippen LogP contribution in [0.25, 0.3) is 10.9 Å². The van der Waals surface area contributed by atoms with E-state index in [1.807, 2.05) is 54.6 Å². The average molecular weight is 485 g/mol. The zero-order chi connectivity index (χ0) is 24.2. The van der Waals surface area contributed by atoms with Crippen molar-refractivity contribution in [3.05, 3.63) is 100 Å². The van der Waals surface area contributed by atoms with Crippen LogP contribution in [0.5, 0.6) is 0 Å². The van der Waals surface area contributed by atoms with Gasteiger partial charge in [-0.15, -0.1) is 0 Å². The number of thioether (sulfide) groups is 1. The van der Waals surface area contributed by atoms with Crippen LogP contribution in [0.1, 0.15) is 28.8 Å². The molecule has 4 aromatic rings. The molecule has 0 radical (unpaired) electrons. The van der Waals surface area contributed by atoms with Crippen molar-refractivity contribution in [1.29, 1.82) is 0 Å². The van der Waals surface area contributed by atoms with Gasteiger partial charge in [0.05, 0.1) is 23.2 Å².